The third-order valence-electron chi connectivity index (χ3n) is 7.72. The Morgan fingerprint density at radius 1 is 0.844 bits per heavy atom. The van der Waals surface area contributed by atoms with E-state index in [1.165, 1.54) is 59.4 Å². The maximum absolute atomic E-state index is 15.0. The van der Waals surface area contributed by atoms with Crippen molar-refractivity contribution in [2.75, 3.05) is 42.9 Å². The number of rotatable bonds is 10. The van der Waals surface area contributed by atoms with E-state index < -0.39 is 33.5 Å². The molecular formula is C31H35Cl2N5O6S. The molecule has 45 heavy (non-hydrogen) atoms. The number of amides is 5. The summed E-state index contributed by atoms with van der Waals surface area (Å²) in [6, 6.07) is 13.7. The second-order valence-corrected chi connectivity index (χ2v) is 12.5. The quantitative estimate of drug-likeness (QED) is 0.275. The topological polar surface area (TPSA) is 128 Å². The zero-order valence-electron chi connectivity index (χ0n) is 25.6. The highest BCUT2D eigenvalue weighted by Gasteiger charge is 2.60. The Labute approximate surface area is 273 Å². The molecule has 0 saturated heterocycles. The number of fused-ring (bicyclic) bond motifs is 1. The van der Waals surface area contributed by atoms with E-state index in [1.807, 2.05) is 0 Å². The van der Waals surface area contributed by atoms with Crippen LogP contribution in [0.15, 0.2) is 65.6 Å². The van der Waals surface area contributed by atoms with Crippen molar-refractivity contribution < 1.29 is 27.5 Å². The Morgan fingerprint density at radius 2 is 1.42 bits per heavy atom. The first-order chi connectivity index (χ1) is 21.4. The number of nitrogens with zero attached hydrogens (tertiary/aromatic N) is 3. The summed E-state index contributed by atoms with van der Waals surface area (Å²) in [6.45, 7) is 8.40. The summed E-state index contributed by atoms with van der Waals surface area (Å²) in [7, 11) is -3.39. The molecular weight excluding hydrogens is 641 g/mol. The second kappa shape index (κ2) is 13.6. The van der Waals surface area contributed by atoms with Crippen molar-refractivity contribution in [3.05, 3.63) is 81.8 Å². The lowest BCUT2D eigenvalue weighted by atomic mass is 9.82. The molecule has 0 saturated carbocycles. The van der Waals surface area contributed by atoms with Crippen LogP contribution in [0, 0.1) is 0 Å². The van der Waals surface area contributed by atoms with Gasteiger partial charge < -0.3 is 25.2 Å². The van der Waals surface area contributed by atoms with Crippen LogP contribution in [0.25, 0.3) is 0 Å². The molecule has 0 bridgehead atoms. The lowest BCUT2D eigenvalue weighted by molar-refractivity contribution is -0.121. The molecule has 5 amide bonds. The molecule has 0 spiro atoms. The van der Waals surface area contributed by atoms with Gasteiger partial charge in [-0.15, -0.1) is 0 Å². The minimum atomic E-state index is -4.70. The Balaban J connectivity index is 2.15. The van der Waals surface area contributed by atoms with Crippen LogP contribution in [-0.4, -0.2) is 69.5 Å². The van der Waals surface area contributed by atoms with Crippen molar-refractivity contribution in [2.45, 2.75) is 38.1 Å². The molecule has 0 radical (unpaired) electrons. The number of hydrogen-bond acceptors (Lipinski definition) is 6. The Morgan fingerprint density at radius 3 is 2.02 bits per heavy atom. The molecule has 0 aromatic heterocycles. The van der Waals surface area contributed by atoms with E-state index >= 15 is 4.79 Å². The van der Waals surface area contributed by atoms with Crippen LogP contribution in [0.5, 0.6) is 5.75 Å². The maximum atomic E-state index is 15.0. The molecule has 4 rings (SSSR count). The van der Waals surface area contributed by atoms with Crippen molar-refractivity contribution in [3.63, 3.8) is 0 Å². The SMILES string of the molecule is CCN(CC)C(=O)Nc1c(Cl)ccc2c1C(NC(=O)N(CC)CC)(c1ccccc1Cl)C(=O)N2S(=O)(=O)c1ccccc1OC. The summed E-state index contributed by atoms with van der Waals surface area (Å²) in [4.78, 5) is 44.9. The monoisotopic (exact) mass is 675 g/mol. The third-order valence-corrected chi connectivity index (χ3v) is 10.1. The van der Waals surface area contributed by atoms with Gasteiger partial charge in [-0.1, -0.05) is 53.5 Å². The fourth-order valence-electron chi connectivity index (χ4n) is 5.42. The second-order valence-electron chi connectivity index (χ2n) is 9.98. The van der Waals surface area contributed by atoms with E-state index in [4.69, 9.17) is 27.9 Å². The number of benzene rings is 3. The van der Waals surface area contributed by atoms with Gasteiger partial charge in [0.1, 0.15) is 10.6 Å². The van der Waals surface area contributed by atoms with Crippen molar-refractivity contribution in [1.29, 1.82) is 0 Å². The van der Waals surface area contributed by atoms with Crippen LogP contribution in [-0.2, 0) is 20.4 Å². The molecule has 0 fully saturated rings. The van der Waals surface area contributed by atoms with Crippen molar-refractivity contribution in [3.8, 4) is 5.75 Å². The number of halogens is 2. The first-order valence-electron chi connectivity index (χ1n) is 14.4. The molecule has 1 aliphatic heterocycles. The van der Waals surface area contributed by atoms with E-state index in [0.29, 0.717) is 17.4 Å². The van der Waals surface area contributed by atoms with Gasteiger partial charge in [-0.3, -0.25) is 4.79 Å². The van der Waals surface area contributed by atoms with Gasteiger partial charge in [0, 0.05) is 42.3 Å². The maximum Gasteiger partial charge on any atom is 0.321 e. The van der Waals surface area contributed by atoms with Crippen LogP contribution in [0.4, 0.5) is 21.0 Å². The summed E-state index contributed by atoms with van der Waals surface area (Å²) >= 11 is 13.5. The smallest absolute Gasteiger partial charge is 0.321 e. The Hall–Kier alpha value is -4.00. The largest absolute Gasteiger partial charge is 0.495 e. The fraction of sp³-hybridized carbons (Fsp3) is 0.323. The van der Waals surface area contributed by atoms with E-state index in [9.17, 15) is 18.0 Å². The number of nitrogens with one attached hydrogen (secondary N) is 2. The van der Waals surface area contributed by atoms with E-state index in [0.717, 1.165) is 0 Å². The summed E-state index contributed by atoms with van der Waals surface area (Å²) in [6.07, 6.45) is 0. The average molecular weight is 677 g/mol. The summed E-state index contributed by atoms with van der Waals surface area (Å²) < 4.78 is 34.9. The molecule has 11 nitrogen and oxygen atoms in total. The van der Waals surface area contributed by atoms with Gasteiger partial charge in [-0.25, -0.2) is 18.0 Å². The molecule has 1 atom stereocenters. The number of carbonyl (C=O) groups excluding carboxylic acids is 3. The van der Waals surface area contributed by atoms with Crippen LogP contribution in [0.1, 0.15) is 38.8 Å². The van der Waals surface area contributed by atoms with Crippen LogP contribution in [0.3, 0.4) is 0 Å². The van der Waals surface area contributed by atoms with E-state index in [1.54, 1.807) is 45.9 Å². The molecule has 0 aliphatic carbocycles. The number of anilines is 2. The highest BCUT2D eigenvalue weighted by Crippen LogP contribution is 2.53. The molecule has 1 aliphatic rings. The summed E-state index contributed by atoms with van der Waals surface area (Å²) in [5.41, 5.74) is -2.43. The number of ether oxygens (including phenoxy) is 1. The average Bonchev–Trinajstić information content (AvgIpc) is 3.28. The van der Waals surface area contributed by atoms with Gasteiger partial charge in [-0.05, 0) is 58.0 Å². The molecule has 14 heteroatoms. The number of sulfonamides is 1. The minimum absolute atomic E-state index is 0.00158. The predicted octanol–water partition coefficient (Wildman–Crippen LogP) is 5.91. The molecule has 3 aromatic carbocycles. The summed E-state index contributed by atoms with van der Waals surface area (Å²) in [5, 5.41) is 5.69. The first-order valence-corrected chi connectivity index (χ1v) is 16.6. The van der Waals surface area contributed by atoms with Crippen molar-refractivity contribution in [1.82, 2.24) is 15.1 Å². The zero-order valence-corrected chi connectivity index (χ0v) is 27.9. The van der Waals surface area contributed by atoms with E-state index in [2.05, 4.69) is 10.6 Å². The molecule has 240 valence electrons. The lowest BCUT2D eigenvalue weighted by Gasteiger charge is -2.34. The van der Waals surface area contributed by atoms with Gasteiger partial charge in [0.25, 0.3) is 15.9 Å². The van der Waals surface area contributed by atoms with E-state index in [-0.39, 0.29) is 56.3 Å². The third kappa shape index (κ3) is 5.78. The normalized spacial score (nSPS) is 15.8. The standard InChI is InChI=1S/C31H35Cl2N5O6S/c1-6-36(7-2)29(40)34-27-22(33)18-19-23-26(27)31(20-14-10-11-15-21(20)32,35-30(41)37(8-3)9-4)28(39)38(23)45(42,43)25-17-13-12-16-24(25)44-5/h10-19H,6-9H2,1-5H3,(H,34,40)(H,35,41). The summed E-state index contributed by atoms with van der Waals surface area (Å²) in [5.74, 6) is -1.06. The predicted molar refractivity (Wildman–Crippen MR) is 175 cm³/mol. The van der Waals surface area contributed by atoms with Gasteiger partial charge in [0.2, 0.25) is 0 Å². The van der Waals surface area contributed by atoms with Crippen LogP contribution >= 0.6 is 23.2 Å². The zero-order chi connectivity index (χ0) is 33.1. The van der Waals surface area contributed by atoms with Crippen LogP contribution in [0.2, 0.25) is 10.0 Å². The molecule has 1 heterocycles. The van der Waals surface area contributed by atoms with Gasteiger partial charge in [0.05, 0.1) is 23.5 Å². The van der Waals surface area contributed by atoms with Gasteiger partial charge in [0.15, 0.2) is 5.54 Å². The fourth-order valence-corrected chi connectivity index (χ4v) is 7.52. The number of hydrogen-bond donors (Lipinski definition) is 2. The number of para-hydroxylation sites is 1. The lowest BCUT2D eigenvalue weighted by Crippen LogP contribution is -2.58. The Bertz CT molecular complexity index is 1730. The highest BCUT2D eigenvalue weighted by molar-refractivity contribution is 7.93. The highest BCUT2D eigenvalue weighted by atomic mass is 35.5. The van der Waals surface area contributed by atoms with Crippen molar-refractivity contribution >= 4 is 62.6 Å². The van der Waals surface area contributed by atoms with Gasteiger partial charge in [-0.2, -0.15) is 4.31 Å². The number of carbonyl (C=O) groups is 3. The number of methoxy groups -OCH3 is 1. The number of urea groups is 2. The van der Waals surface area contributed by atoms with Crippen molar-refractivity contribution in [2.24, 2.45) is 0 Å². The minimum Gasteiger partial charge on any atom is -0.495 e. The first kappa shape index (κ1) is 33.9. The molecule has 3 aromatic rings. The van der Waals surface area contributed by atoms with Crippen LogP contribution < -0.4 is 19.7 Å². The van der Waals surface area contributed by atoms with Gasteiger partial charge >= 0.3 is 12.1 Å². The molecule has 1 unspecified atom stereocenters. The molecule has 2 N–H and O–H groups in total. The Kier molecular flexibility index (Phi) is 10.2.